The van der Waals surface area contributed by atoms with Gasteiger partial charge in [0.1, 0.15) is 5.75 Å². The molecule has 0 spiro atoms. The van der Waals surface area contributed by atoms with Gasteiger partial charge in [0, 0.05) is 33.3 Å². The van der Waals surface area contributed by atoms with Crippen molar-refractivity contribution in [3.63, 3.8) is 0 Å². The summed E-state index contributed by atoms with van der Waals surface area (Å²) >= 11 is 0. The van der Waals surface area contributed by atoms with Crippen molar-refractivity contribution in [1.29, 1.82) is 0 Å². The fourth-order valence-corrected chi connectivity index (χ4v) is 4.58. The Hall–Kier alpha value is -3.03. The highest BCUT2D eigenvalue weighted by Gasteiger charge is 2.45. The molecule has 0 aromatic heterocycles. The number of hydrogen-bond donors (Lipinski definition) is 1. The molecule has 1 aliphatic heterocycles. The first-order chi connectivity index (χ1) is 16.1. The second-order valence-electron chi connectivity index (χ2n) is 7.28. The Kier molecular flexibility index (Phi) is 7.89. The Morgan fingerprint density at radius 2 is 1.74 bits per heavy atom. The molecule has 1 heterocycles. The minimum Gasteiger partial charge on any atom is -0.495 e. The van der Waals surface area contributed by atoms with Crippen LogP contribution >= 0.6 is 0 Å². The predicted molar refractivity (Wildman–Crippen MR) is 117 cm³/mol. The lowest BCUT2D eigenvalue weighted by Gasteiger charge is -2.31. The van der Waals surface area contributed by atoms with Gasteiger partial charge in [0.2, 0.25) is 0 Å². The van der Waals surface area contributed by atoms with Gasteiger partial charge in [-0.05, 0) is 35.9 Å². The summed E-state index contributed by atoms with van der Waals surface area (Å²) in [5.74, 6) is -2.28. The maximum atomic E-state index is 13.4. The van der Waals surface area contributed by atoms with Gasteiger partial charge in [-0.1, -0.05) is 16.6 Å². The van der Waals surface area contributed by atoms with E-state index in [9.17, 15) is 26.4 Å². The van der Waals surface area contributed by atoms with Crippen molar-refractivity contribution in [1.82, 2.24) is 5.32 Å². The second kappa shape index (κ2) is 10.5. The minimum atomic E-state index is -5.41. The van der Waals surface area contributed by atoms with E-state index in [4.69, 9.17) is 9.47 Å². The van der Waals surface area contributed by atoms with E-state index in [1.807, 2.05) is 4.90 Å². The molecular formula is C21H24F3N3O6S. The zero-order valence-electron chi connectivity index (χ0n) is 18.5. The number of piperazine rings is 1. The SMILES string of the molecule is COCc1ccc(N(OC(=O)C(F)(F)F)S(=O)(=O)c2ccc(OC)c(N3CCNCC3)c2)cc1. The maximum absolute atomic E-state index is 13.4. The zero-order chi connectivity index (χ0) is 24.9. The molecule has 34 heavy (non-hydrogen) atoms. The van der Waals surface area contributed by atoms with E-state index in [0.29, 0.717) is 43.2 Å². The molecule has 186 valence electrons. The largest absolute Gasteiger partial charge is 0.495 e. The van der Waals surface area contributed by atoms with Crippen LogP contribution in [0.4, 0.5) is 24.5 Å². The summed E-state index contributed by atoms with van der Waals surface area (Å²) in [7, 11) is -1.88. The third-order valence-electron chi connectivity index (χ3n) is 4.98. The molecule has 0 amide bonds. The lowest BCUT2D eigenvalue weighted by molar-refractivity contribution is -0.199. The van der Waals surface area contributed by atoms with Crippen LogP contribution in [0.3, 0.4) is 0 Å². The molecule has 1 saturated heterocycles. The first-order valence-electron chi connectivity index (χ1n) is 10.1. The molecule has 0 radical (unpaired) electrons. The number of methoxy groups -OCH3 is 2. The highest BCUT2D eigenvalue weighted by atomic mass is 32.2. The minimum absolute atomic E-state index is 0.0250. The number of hydrogen-bond acceptors (Lipinski definition) is 8. The molecule has 9 nitrogen and oxygen atoms in total. The number of benzene rings is 2. The number of sulfonamides is 1. The molecule has 0 atom stereocenters. The topological polar surface area (TPSA) is 97.4 Å². The Labute approximate surface area is 195 Å². The standard InChI is InChI=1S/C21H24F3N3O6S/c1-31-14-15-3-5-16(6-4-15)27(33-20(28)21(22,23)24)34(29,30)17-7-8-19(32-2)18(13-17)26-11-9-25-10-12-26/h3-8,13,25H,9-12,14H2,1-2H3. The van der Waals surface area contributed by atoms with E-state index in [-0.39, 0.29) is 21.7 Å². The van der Waals surface area contributed by atoms with Gasteiger partial charge in [-0.25, -0.2) is 4.79 Å². The molecule has 1 fully saturated rings. The first-order valence-corrected chi connectivity index (χ1v) is 11.6. The average molecular weight is 503 g/mol. The Morgan fingerprint density at radius 3 is 2.29 bits per heavy atom. The van der Waals surface area contributed by atoms with E-state index in [0.717, 1.165) is 0 Å². The van der Waals surface area contributed by atoms with Gasteiger partial charge in [0.25, 0.3) is 10.0 Å². The summed E-state index contributed by atoms with van der Waals surface area (Å²) < 4.78 is 76.0. The highest BCUT2D eigenvalue weighted by molar-refractivity contribution is 7.92. The second-order valence-corrected chi connectivity index (χ2v) is 9.03. The molecule has 3 rings (SSSR count). The Bertz CT molecular complexity index is 1100. The summed E-state index contributed by atoms with van der Waals surface area (Å²) in [6.07, 6.45) is -5.41. The molecule has 1 aliphatic rings. The molecule has 0 saturated carbocycles. The number of carbonyl (C=O) groups excluding carboxylic acids is 1. The van der Waals surface area contributed by atoms with Crippen molar-refractivity contribution in [2.45, 2.75) is 17.7 Å². The molecule has 2 aromatic rings. The third kappa shape index (κ3) is 5.72. The van der Waals surface area contributed by atoms with Crippen LogP contribution in [0.15, 0.2) is 47.4 Å². The monoisotopic (exact) mass is 503 g/mol. The van der Waals surface area contributed by atoms with Crippen molar-refractivity contribution in [2.75, 3.05) is 49.8 Å². The summed E-state index contributed by atoms with van der Waals surface area (Å²) in [5.41, 5.74) is 0.788. The maximum Gasteiger partial charge on any atom is 0.493 e. The number of rotatable bonds is 8. The van der Waals surface area contributed by atoms with Crippen molar-refractivity contribution in [3.05, 3.63) is 48.0 Å². The highest BCUT2D eigenvalue weighted by Crippen LogP contribution is 2.34. The van der Waals surface area contributed by atoms with E-state index in [2.05, 4.69) is 10.2 Å². The third-order valence-corrected chi connectivity index (χ3v) is 6.55. The fraction of sp³-hybridized carbons (Fsp3) is 0.381. The number of halogens is 3. The summed E-state index contributed by atoms with van der Waals surface area (Å²) in [6.45, 7) is 2.63. The van der Waals surface area contributed by atoms with Crippen LogP contribution in [0, 0.1) is 0 Å². The van der Waals surface area contributed by atoms with Crippen LogP contribution in [0.25, 0.3) is 0 Å². The molecule has 0 bridgehead atoms. The molecule has 0 aliphatic carbocycles. The van der Waals surface area contributed by atoms with Crippen LogP contribution in [-0.4, -0.2) is 61.0 Å². The fourth-order valence-electron chi connectivity index (χ4n) is 3.33. The molecular weight excluding hydrogens is 479 g/mol. The van der Waals surface area contributed by atoms with Crippen molar-refractivity contribution in [3.8, 4) is 5.75 Å². The normalized spacial score (nSPS) is 14.6. The van der Waals surface area contributed by atoms with E-state index < -0.39 is 22.2 Å². The van der Waals surface area contributed by atoms with Gasteiger partial charge in [0.05, 0.1) is 30.0 Å². The van der Waals surface area contributed by atoms with Crippen molar-refractivity contribution in [2.24, 2.45) is 0 Å². The number of nitrogens with one attached hydrogen (secondary N) is 1. The van der Waals surface area contributed by atoms with Gasteiger partial charge >= 0.3 is 12.1 Å². The van der Waals surface area contributed by atoms with Crippen molar-refractivity contribution < 1.29 is 40.7 Å². The lowest BCUT2D eigenvalue weighted by atomic mass is 10.2. The van der Waals surface area contributed by atoms with Gasteiger partial charge in [-0.15, -0.1) is 0 Å². The van der Waals surface area contributed by atoms with Gasteiger partial charge < -0.3 is 24.5 Å². The van der Waals surface area contributed by atoms with Crippen LogP contribution in [0.5, 0.6) is 5.75 Å². The van der Waals surface area contributed by atoms with E-state index >= 15 is 0 Å². The molecule has 2 aromatic carbocycles. The summed E-state index contributed by atoms with van der Waals surface area (Å²) in [5, 5.41) is 3.17. The van der Waals surface area contributed by atoms with Crippen molar-refractivity contribution >= 4 is 27.4 Å². The van der Waals surface area contributed by atoms with Crippen LogP contribution < -0.4 is 19.4 Å². The smallest absolute Gasteiger partial charge is 0.493 e. The van der Waals surface area contributed by atoms with Crippen LogP contribution in [0.2, 0.25) is 0 Å². The predicted octanol–water partition coefficient (Wildman–Crippen LogP) is 2.47. The molecule has 1 N–H and O–H groups in total. The summed E-state index contributed by atoms with van der Waals surface area (Å²) in [4.78, 5) is 17.5. The number of carbonyl (C=O) groups is 1. The van der Waals surface area contributed by atoms with Gasteiger partial charge in [0.15, 0.2) is 0 Å². The molecule has 0 unspecified atom stereocenters. The number of alkyl halides is 3. The average Bonchev–Trinajstić information content (AvgIpc) is 2.82. The van der Waals surface area contributed by atoms with Gasteiger partial charge in [-0.3, -0.25) is 0 Å². The number of anilines is 2. The Morgan fingerprint density at radius 1 is 1.09 bits per heavy atom. The van der Waals surface area contributed by atoms with E-state index in [1.165, 1.54) is 56.7 Å². The summed E-state index contributed by atoms with van der Waals surface area (Å²) in [6, 6.07) is 9.19. The molecule has 13 heteroatoms. The number of nitrogens with zero attached hydrogens (tertiary/aromatic N) is 2. The quantitative estimate of drug-likeness (QED) is 0.549. The zero-order valence-corrected chi connectivity index (χ0v) is 19.3. The first kappa shape index (κ1) is 25.6. The lowest BCUT2D eigenvalue weighted by Crippen LogP contribution is -2.43. The van der Waals surface area contributed by atoms with Gasteiger partial charge in [-0.2, -0.15) is 21.6 Å². The van der Waals surface area contributed by atoms with Crippen LogP contribution in [-0.2, 0) is 31.0 Å². The number of ether oxygens (including phenoxy) is 2. The van der Waals surface area contributed by atoms with E-state index in [1.54, 1.807) is 0 Å². The van der Waals surface area contributed by atoms with Crippen LogP contribution in [0.1, 0.15) is 5.56 Å². The Balaban J connectivity index is 2.06.